The maximum absolute atomic E-state index is 12.5. The van der Waals surface area contributed by atoms with Crippen molar-refractivity contribution in [1.29, 1.82) is 0 Å². The Morgan fingerprint density at radius 2 is 1.25 bits per heavy atom. The van der Waals surface area contributed by atoms with Crippen molar-refractivity contribution in [2.24, 2.45) is 9.98 Å². The molecule has 0 saturated carbocycles. The van der Waals surface area contributed by atoms with Crippen LogP contribution in [0.4, 0.5) is 32.3 Å². The molecule has 2 aliphatic rings. The average molecular weight is 482 g/mol. The Bertz CT molecular complexity index is 1220. The van der Waals surface area contributed by atoms with E-state index < -0.39 is 0 Å². The fourth-order valence-corrected chi connectivity index (χ4v) is 4.09. The highest BCUT2D eigenvalue weighted by Gasteiger charge is 2.11. The van der Waals surface area contributed by atoms with E-state index in [1.54, 1.807) is 24.3 Å². The number of carbonyl (C=O) groups excluding carboxylic acids is 2. The Morgan fingerprint density at radius 3 is 1.78 bits per heavy atom. The molecule has 182 valence electrons. The van der Waals surface area contributed by atoms with E-state index in [4.69, 9.17) is 0 Å². The van der Waals surface area contributed by atoms with Gasteiger partial charge in [-0.2, -0.15) is 0 Å². The van der Waals surface area contributed by atoms with Crippen molar-refractivity contribution in [3.8, 4) is 0 Å². The van der Waals surface area contributed by atoms with Gasteiger partial charge in [0.05, 0.1) is 6.54 Å². The number of benzene rings is 3. The summed E-state index contributed by atoms with van der Waals surface area (Å²) in [7, 11) is 0. The standard InChI is InChI=1S/C27H27N7O2/c35-26(31-20-10-6-18(7-11-20)24-5-2-14-28-24)33-22-3-1-4-23(17-22)34-27(36)32-21-12-8-19(9-13-21)25-29-15-16-30-25/h1,3-4,6-13,17H,2,5,14-16H2,(H,29,30)(H2,31,33,35)(H2,32,34,36). The molecule has 0 unspecified atom stereocenters. The van der Waals surface area contributed by atoms with Crippen LogP contribution in [0.2, 0.25) is 0 Å². The molecule has 36 heavy (non-hydrogen) atoms. The van der Waals surface area contributed by atoms with Gasteiger partial charge in [0, 0.05) is 47.1 Å². The summed E-state index contributed by atoms with van der Waals surface area (Å²) in [4.78, 5) is 33.8. The van der Waals surface area contributed by atoms with E-state index in [0.29, 0.717) is 22.7 Å². The van der Waals surface area contributed by atoms with Crippen LogP contribution in [0.25, 0.3) is 0 Å². The highest BCUT2D eigenvalue weighted by atomic mass is 16.2. The molecule has 0 aromatic heterocycles. The number of nitrogens with one attached hydrogen (secondary N) is 5. The van der Waals surface area contributed by atoms with Crippen LogP contribution in [0, 0.1) is 0 Å². The molecular formula is C27H27N7O2. The van der Waals surface area contributed by atoms with Gasteiger partial charge in [-0.15, -0.1) is 0 Å². The first-order valence-electron chi connectivity index (χ1n) is 11.9. The largest absolute Gasteiger partial charge is 0.368 e. The number of hydrogen-bond acceptors (Lipinski definition) is 5. The second-order valence-electron chi connectivity index (χ2n) is 8.48. The third kappa shape index (κ3) is 5.87. The molecular weight excluding hydrogens is 454 g/mol. The van der Waals surface area contributed by atoms with Gasteiger partial charge < -0.3 is 26.6 Å². The SMILES string of the molecule is O=C(Nc1ccc(C2=NCCC2)cc1)Nc1cccc(NC(=O)Nc2ccc(C3=NCCN3)cc2)c1. The molecule has 0 fully saturated rings. The van der Waals surface area contributed by atoms with Crippen molar-refractivity contribution in [1.82, 2.24) is 5.32 Å². The summed E-state index contributed by atoms with van der Waals surface area (Å²) >= 11 is 0. The van der Waals surface area contributed by atoms with Crippen molar-refractivity contribution < 1.29 is 9.59 Å². The van der Waals surface area contributed by atoms with Crippen LogP contribution < -0.4 is 26.6 Å². The molecule has 9 nitrogen and oxygen atoms in total. The first-order valence-corrected chi connectivity index (χ1v) is 11.9. The summed E-state index contributed by atoms with van der Waals surface area (Å²) in [6.07, 6.45) is 2.09. The number of carbonyl (C=O) groups is 2. The summed E-state index contributed by atoms with van der Waals surface area (Å²) < 4.78 is 0. The predicted molar refractivity (Wildman–Crippen MR) is 145 cm³/mol. The van der Waals surface area contributed by atoms with Crippen molar-refractivity contribution in [2.75, 3.05) is 40.9 Å². The quantitative estimate of drug-likeness (QED) is 0.344. The number of nitrogens with zero attached hydrogens (tertiary/aromatic N) is 2. The Balaban J connectivity index is 1.13. The molecule has 9 heteroatoms. The lowest BCUT2D eigenvalue weighted by molar-refractivity contribution is 0.261. The third-order valence-corrected chi connectivity index (χ3v) is 5.82. The molecule has 3 aromatic rings. The van der Waals surface area contributed by atoms with Crippen LogP contribution in [0.15, 0.2) is 82.8 Å². The number of aliphatic imine (C=N–C) groups is 2. The van der Waals surface area contributed by atoms with E-state index in [-0.39, 0.29) is 12.1 Å². The first-order chi connectivity index (χ1) is 17.6. The van der Waals surface area contributed by atoms with Gasteiger partial charge in [-0.1, -0.05) is 18.2 Å². The van der Waals surface area contributed by atoms with Gasteiger partial charge in [-0.05, 0) is 73.0 Å². The van der Waals surface area contributed by atoms with Gasteiger partial charge in [-0.25, -0.2) is 9.59 Å². The van der Waals surface area contributed by atoms with Crippen molar-refractivity contribution in [2.45, 2.75) is 12.8 Å². The lowest BCUT2D eigenvalue weighted by Crippen LogP contribution is -2.21. The molecule has 5 N–H and O–H groups in total. The molecule has 0 saturated heterocycles. The van der Waals surface area contributed by atoms with Crippen molar-refractivity contribution in [3.63, 3.8) is 0 Å². The number of amidine groups is 1. The minimum absolute atomic E-state index is 0.371. The first kappa shape index (κ1) is 23.1. The van der Waals surface area contributed by atoms with Gasteiger partial charge in [-0.3, -0.25) is 9.98 Å². The number of rotatable bonds is 6. The summed E-state index contributed by atoms with van der Waals surface area (Å²) in [6, 6.07) is 21.3. The Labute approximate surface area is 209 Å². The van der Waals surface area contributed by atoms with E-state index in [1.807, 2.05) is 48.5 Å². The third-order valence-electron chi connectivity index (χ3n) is 5.82. The van der Waals surface area contributed by atoms with Crippen LogP contribution in [0.3, 0.4) is 0 Å². The minimum Gasteiger partial charge on any atom is -0.368 e. The normalized spacial score (nSPS) is 14.3. The fourth-order valence-electron chi connectivity index (χ4n) is 4.09. The maximum Gasteiger partial charge on any atom is 0.323 e. The molecule has 0 bridgehead atoms. The molecule has 2 heterocycles. The van der Waals surface area contributed by atoms with E-state index in [0.717, 1.165) is 55.2 Å². The molecule has 0 spiro atoms. The zero-order valence-electron chi connectivity index (χ0n) is 19.7. The zero-order valence-corrected chi connectivity index (χ0v) is 19.7. The highest BCUT2D eigenvalue weighted by molar-refractivity contribution is 6.04. The molecule has 0 aliphatic carbocycles. The van der Waals surface area contributed by atoms with Gasteiger partial charge in [0.2, 0.25) is 0 Å². The fraction of sp³-hybridized carbons (Fsp3) is 0.185. The second kappa shape index (κ2) is 10.7. The van der Waals surface area contributed by atoms with Gasteiger partial charge in [0.1, 0.15) is 5.84 Å². The van der Waals surface area contributed by atoms with Crippen molar-refractivity contribution >= 4 is 46.4 Å². The van der Waals surface area contributed by atoms with E-state index in [9.17, 15) is 9.59 Å². The van der Waals surface area contributed by atoms with E-state index in [2.05, 4.69) is 36.6 Å². The number of urea groups is 2. The second-order valence-corrected chi connectivity index (χ2v) is 8.48. The minimum atomic E-state index is -0.382. The number of amides is 4. The summed E-state index contributed by atoms with van der Waals surface area (Å²) in [5.41, 5.74) is 5.64. The molecule has 5 rings (SSSR count). The molecule has 4 amide bonds. The van der Waals surface area contributed by atoms with Crippen LogP contribution in [-0.2, 0) is 0 Å². The smallest absolute Gasteiger partial charge is 0.323 e. The Hall–Kier alpha value is -4.66. The van der Waals surface area contributed by atoms with Crippen molar-refractivity contribution in [3.05, 3.63) is 83.9 Å². The van der Waals surface area contributed by atoms with Crippen LogP contribution in [0.5, 0.6) is 0 Å². The van der Waals surface area contributed by atoms with Gasteiger partial charge in [0.25, 0.3) is 0 Å². The molecule has 3 aromatic carbocycles. The highest BCUT2D eigenvalue weighted by Crippen LogP contribution is 2.19. The number of hydrogen-bond donors (Lipinski definition) is 5. The van der Waals surface area contributed by atoms with Gasteiger partial charge in [0.15, 0.2) is 0 Å². The number of anilines is 4. The maximum atomic E-state index is 12.5. The Kier molecular flexibility index (Phi) is 6.88. The Morgan fingerprint density at radius 1 is 0.667 bits per heavy atom. The zero-order chi connectivity index (χ0) is 24.7. The van der Waals surface area contributed by atoms with E-state index >= 15 is 0 Å². The summed E-state index contributed by atoms with van der Waals surface area (Å²) in [6.45, 7) is 2.50. The lowest BCUT2D eigenvalue weighted by Gasteiger charge is -2.11. The monoisotopic (exact) mass is 481 g/mol. The molecule has 2 aliphatic heterocycles. The van der Waals surface area contributed by atoms with Crippen LogP contribution in [0.1, 0.15) is 24.0 Å². The average Bonchev–Trinajstić information content (AvgIpc) is 3.60. The molecule has 0 atom stereocenters. The molecule has 0 radical (unpaired) electrons. The van der Waals surface area contributed by atoms with Crippen LogP contribution in [-0.4, -0.2) is 43.2 Å². The topological polar surface area (TPSA) is 119 Å². The van der Waals surface area contributed by atoms with Gasteiger partial charge >= 0.3 is 12.1 Å². The lowest BCUT2D eigenvalue weighted by atomic mass is 10.1. The van der Waals surface area contributed by atoms with E-state index in [1.165, 1.54) is 0 Å². The summed E-state index contributed by atoms with van der Waals surface area (Å²) in [5, 5.41) is 14.4. The predicted octanol–water partition coefficient (Wildman–Crippen LogP) is 4.91. The van der Waals surface area contributed by atoms with Crippen LogP contribution >= 0.6 is 0 Å². The summed E-state index contributed by atoms with van der Waals surface area (Å²) in [5.74, 6) is 0.871.